The number of aromatic amines is 1. The van der Waals surface area contributed by atoms with Gasteiger partial charge in [-0.25, -0.2) is 0 Å². The molecule has 0 aliphatic carbocycles. The van der Waals surface area contributed by atoms with E-state index in [0.717, 1.165) is 49.3 Å². The zero-order valence-electron chi connectivity index (χ0n) is 21.5. The molecule has 1 N–H and O–H groups in total. The van der Waals surface area contributed by atoms with Gasteiger partial charge in [-0.05, 0) is 79.4 Å². The number of nitrogens with zero attached hydrogens (tertiary/aromatic N) is 4. The Balaban J connectivity index is 1.14. The average Bonchev–Trinajstić information content (AvgIpc) is 3.60. The van der Waals surface area contributed by atoms with Crippen LogP contribution in [0.15, 0.2) is 72.9 Å². The molecule has 37 heavy (non-hydrogen) atoms. The average molecular weight is 496 g/mol. The SMILES string of the molecule is CCCc1c(OCCCCOc2ccc(-c3nn[nH]n3)cc2)ccc2c1ccn2Cc1ccc(C)cc1. The molecule has 0 radical (unpaired) electrons. The minimum Gasteiger partial charge on any atom is -0.494 e. The maximum absolute atomic E-state index is 6.26. The fourth-order valence-corrected chi connectivity index (χ4v) is 4.55. The van der Waals surface area contributed by atoms with E-state index in [1.165, 1.54) is 27.6 Å². The van der Waals surface area contributed by atoms with E-state index in [4.69, 9.17) is 9.47 Å². The molecule has 7 heteroatoms. The third-order valence-electron chi connectivity index (χ3n) is 6.52. The second-order valence-electron chi connectivity index (χ2n) is 9.32. The number of nitrogens with one attached hydrogen (secondary N) is 1. The number of hydrogen-bond acceptors (Lipinski definition) is 5. The van der Waals surface area contributed by atoms with E-state index < -0.39 is 0 Å². The summed E-state index contributed by atoms with van der Waals surface area (Å²) in [5.74, 6) is 2.41. The Kier molecular flexibility index (Phi) is 7.79. The van der Waals surface area contributed by atoms with Crippen LogP contribution in [0.25, 0.3) is 22.3 Å². The van der Waals surface area contributed by atoms with Crippen LogP contribution in [0.4, 0.5) is 0 Å². The highest BCUT2D eigenvalue weighted by molar-refractivity contribution is 5.86. The molecule has 0 atom stereocenters. The van der Waals surface area contributed by atoms with Gasteiger partial charge in [-0.1, -0.05) is 43.2 Å². The fraction of sp³-hybridized carbons (Fsp3) is 0.300. The minimum absolute atomic E-state index is 0.576. The Morgan fingerprint density at radius 2 is 1.65 bits per heavy atom. The summed E-state index contributed by atoms with van der Waals surface area (Å²) in [4.78, 5) is 0. The lowest BCUT2D eigenvalue weighted by Gasteiger charge is -2.14. The van der Waals surface area contributed by atoms with Gasteiger partial charge in [0, 0.05) is 34.8 Å². The standard InChI is InChI=1S/C30H33N5O2/c1-3-6-27-26-17-18-35(21-23-9-7-22(2)8-10-23)28(26)15-16-29(27)37-20-5-4-19-36-25-13-11-24(12-14-25)30-31-33-34-32-30/h7-18H,3-6,19-21H2,1-2H3,(H,31,32,33,34). The van der Waals surface area contributed by atoms with Gasteiger partial charge in [0.15, 0.2) is 0 Å². The van der Waals surface area contributed by atoms with E-state index in [1.54, 1.807) is 0 Å². The molecule has 0 bridgehead atoms. The quantitative estimate of drug-likeness (QED) is 0.204. The number of rotatable bonds is 12. The van der Waals surface area contributed by atoms with Crippen LogP contribution >= 0.6 is 0 Å². The summed E-state index contributed by atoms with van der Waals surface area (Å²) in [7, 11) is 0. The second kappa shape index (κ2) is 11.7. The summed E-state index contributed by atoms with van der Waals surface area (Å²) in [6.45, 7) is 6.53. The van der Waals surface area contributed by atoms with Crippen molar-refractivity contribution >= 4 is 10.9 Å². The van der Waals surface area contributed by atoms with Gasteiger partial charge in [0.25, 0.3) is 0 Å². The van der Waals surface area contributed by atoms with Gasteiger partial charge in [0.1, 0.15) is 11.5 Å². The molecular weight excluding hydrogens is 462 g/mol. The zero-order chi connectivity index (χ0) is 25.5. The summed E-state index contributed by atoms with van der Waals surface area (Å²) in [6, 6.07) is 23.1. The smallest absolute Gasteiger partial charge is 0.204 e. The van der Waals surface area contributed by atoms with E-state index >= 15 is 0 Å². The molecule has 0 spiro atoms. The zero-order valence-corrected chi connectivity index (χ0v) is 21.5. The van der Waals surface area contributed by atoms with Gasteiger partial charge in [0.05, 0.1) is 13.2 Å². The van der Waals surface area contributed by atoms with Gasteiger partial charge in [-0.2, -0.15) is 5.21 Å². The molecule has 0 saturated heterocycles. The van der Waals surface area contributed by atoms with Crippen molar-refractivity contribution in [3.05, 3.63) is 89.6 Å². The highest BCUT2D eigenvalue weighted by Crippen LogP contribution is 2.31. The van der Waals surface area contributed by atoms with Crippen LogP contribution in [0.3, 0.4) is 0 Å². The van der Waals surface area contributed by atoms with Crippen LogP contribution in [-0.2, 0) is 13.0 Å². The largest absolute Gasteiger partial charge is 0.494 e. The minimum atomic E-state index is 0.576. The Morgan fingerprint density at radius 3 is 2.38 bits per heavy atom. The molecule has 7 nitrogen and oxygen atoms in total. The number of ether oxygens (including phenoxy) is 2. The highest BCUT2D eigenvalue weighted by atomic mass is 16.5. The first kappa shape index (κ1) is 24.6. The van der Waals surface area contributed by atoms with Crippen molar-refractivity contribution < 1.29 is 9.47 Å². The molecular formula is C30H33N5O2. The Hall–Kier alpha value is -4.13. The number of tetrazole rings is 1. The lowest BCUT2D eigenvalue weighted by molar-refractivity contribution is 0.265. The number of unbranched alkanes of at least 4 members (excludes halogenated alkanes) is 1. The van der Waals surface area contributed by atoms with Crippen molar-refractivity contribution in [1.29, 1.82) is 0 Å². The Labute approximate surface area is 217 Å². The van der Waals surface area contributed by atoms with Crippen molar-refractivity contribution in [2.24, 2.45) is 0 Å². The molecule has 2 heterocycles. The number of fused-ring (bicyclic) bond motifs is 1. The summed E-state index contributed by atoms with van der Waals surface area (Å²) in [5, 5.41) is 15.3. The number of aromatic nitrogens is 5. The van der Waals surface area contributed by atoms with Crippen LogP contribution in [0, 0.1) is 6.92 Å². The molecule has 5 aromatic rings. The summed E-state index contributed by atoms with van der Waals surface area (Å²) in [5.41, 5.74) is 6.07. The number of aryl methyl sites for hydroxylation is 2. The van der Waals surface area contributed by atoms with E-state index in [-0.39, 0.29) is 0 Å². The molecule has 0 aliphatic heterocycles. The third kappa shape index (κ3) is 6.00. The molecule has 0 unspecified atom stereocenters. The first-order chi connectivity index (χ1) is 18.2. The Bertz CT molecular complexity index is 1410. The van der Waals surface area contributed by atoms with E-state index in [1.807, 2.05) is 24.3 Å². The third-order valence-corrected chi connectivity index (χ3v) is 6.52. The van der Waals surface area contributed by atoms with Crippen molar-refractivity contribution in [3.8, 4) is 22.9 Å². The fourth-order valence-electron chi connectivity index (χ4n) is 4.55. The van der Waals surface area contributed by atoms with Gasteiger partial charge in [-0.3, -0.25) is 0 Å². The molecule has 2 aromatic heterocycles. The molecule has 190 valence electrons. The maximum atomic E-state index is 6.26. The number of hydrogen-bond donors (Lipinski definition) is 1. The molecule has 0 fully saturated rings. The first-order valence-electron chi connectivity index (χ1n) is 13.0. The maximum Gasteiger partial charge on any atom is 0.204 e. The van der Waals surface area contributed by atoms with Crippen LogP contribution < -0.4 is 9.47 Å². The Morgan fingerprint density at radius 1 is 0.865 bits per heavy atom. The highest BCUT2D eigenvalue weighted by Gasteiger charge is 2.12. The first-order valence-corrected chi connectivity index (χ1v) is 13.0. The number of H-pyrrole nitrogens is 1. The number of benzene rings is 3. The summed E-state index contributed by atoms with van der Waals surface area (Å²) in [6.07, 6.45) is 6.13. The van der Waals surface area contributed by atoms with Gasteiger partial charge < -0.3 is 14.0 Å². The van der Waals surface area contributed by atoms with Crippen LogP contribution in [0.2, 0.25) is 0 Å². The molecule has 5 rings (SSSR count). The molecule has 3 aromatic carbocycles. The van der Waals surface area contributed by atoms with Crippen LogP contribution in [-0.4, -0.2) is 38.4 Å². The van der Waals surface area contributed by atoms with Gasteiger partial charge in [-0.15, -0.1) is 10.2 Å². The van der Waals surface area contributed by atoms with E-state index in [0.29, 0.717) is 19.0 Å². The lowest BCUT2D eigenvalue weighted by Crippen LogP contribution is -2.04. The van der Waals surface area contributed by atoms with Crippen molar-refractivity contribution in [2.45, 2.75) is 46.1 Å². The predicted molar refractivity (Wildman–Crippen MR) is 146 cm³/mol. The van der Waals surface area contributed by atoms with Crippen LogP contribution in [0.1, 0.15) is 42.9 Å². The lowest BCUT2D eigenvalue weighted by atomic mass is 10.0. The molecule has 0 amide bonds. The van der Waals surface area contributed by atoms with Gasteiger partial charge >= 0.3 is 0 Å². The van der Waals surface area contributed by atoms with Gasteiger partial charge in [0.2, 0.25) is 5.82 Å². The summed E-state index contributed by atoms with van der Waals surface area (Å²) < 4.78 is 14.5. The van der Waals surface area contributed by atoms with Crippen molar-refractivity contribution in [2.75, 3.05) is 13.2 Å². The van der Waals surface area contributed by atoms with Crippen LogP contribution in [0.5, 0.6) is 11.5 Å². The summed E-state index contributed by atoms with van der Waals surface area (Å²) >= 11 is 0. The monoisotopic (exact) mass is 495 g/mol. The van der Waals surface area contributed by atoms with E-state index in [2.05, 4.69) is 87.7 Å². The van der Waals surface area contributed by atoms with Crippen molar-refractivity contribution in [3.63, 3.8) is 0 Å². The molecule has 0 aliphatic rings. The topological polar surface area (TPSA) is 77.8 Å². The normalized spacial score (nSPS) is 11.2. The molecule has 0 saturated carbocycles. The second-order valence-corrected chi connectivity index (χ2v) is 9.32. The van der Waals surface area contributed by atoms with Crippen molar-refractivity contribution in [1.82, 2.24) is 25.2 Å². The van der Waals surface area contributed by atoms with E-state index in [9.17, 15) is 0 Å². The predicted octanol–water partition coefficient (Wildman–Crippen LogP) is 6.37.